The van der Waals surface area contributed by atoms with Gasteiger partial charge in [-0.2, -0.15) is 0 Å². The first-order chi connectivity index (χ1) is 8.43. The number of carbonyl (C=O) groups is 1. The van der Waals surface area contributed by atoms with Crippen molar-refractivity contribution in [2.24, 2.45) is 5.92 Å². The van der Waals surface area contributed by atoms with Crippen LogP contribution in [-0.2, 0) is 0 Å². The maximum atomic E-state index is 12.1. The lowest BCUT2D eigenvalue weighted by atomic mass is 10.0. The van der Waals surface area contributed by atoms with Gasteiger partial charge in [-0.3, -0.25) is 4.79 Å². The fraction of sp³-hybridized carbons (Fsp3) is 0.462. The quantitative estimate of drug-likeness (QED) is 0.777. The molecule has 100 valence electrons. The maximum Gasteiger partial charge on any atom is 0.252 e. The van der Waals surface area contributed by atoms with E-state index in [9.17, 15) is 4.79 Å². The summed E-state index contributed by atoms with van der Waals surface area (Å²) in [6.07, 6.45) is 0.855. The predicted octanol–water partition coefficient (Wildman–Crippen LogP) is 4.49. The van der Waals surface area contributed by atoms with E-state index in [0.29, 0.717) is 22.4 Å². The Balaban J connectivity index is 2.77. The Kier molecular flexibility index (Phi) is 6.47. The summed E-state index contributed by atoms with van der Waals surface area (Å²) < 4.78 is 0.724. The highest BCUT2D eigenvalue weighted by atomic mass is 79.9. The highest BCUT2D eigenvalue weighted by Crippen LogP contribution is 2.21. The van der Waals surface area contributed by atoms with Gasteiger partial charge in [-0.25, -0.2) is 0 Å². The third-order valence-corrected chi connectivity index (χ3v) is 3.75. The molecule has 2 nitrogen and oxygen atoms in total. The van der Waals surface area contributed by atoms with E-state index in [0.717, 1.165) is 10.9 Å². The molecule has 0 aliphatic carbocycles. The monoisotopic (exact) mass is 351 g/mol. The summed E-state index contributed by atoms with van der Waals surface area (Å²) in [6.45, 7) is 4.20. The molecule has 1 unspecified atom stereocenters. The van der Waals surface area contributed by atoms with Gasteiger partial charge in [0.05, 0.1) is 5.56 Å². The van der Waals surface area contributed by atoms with E-state index in [1.54, 1.807) is 18.2 Å². The van der Waals surface area contributed by atoms with Crippen molar-refractivity contribution in [3.8, 4) is 0 Å². The topological polar surface area (TPSA) is 29.1 Å². The summed E-state index contributed by atoms with van der Waals surface area (Å²) >= 11 is 15.1. The van der Waals surface area contributed by atoms with E-state index < -0.39 is 0 Å². The van der Waals surface area contributed by atoms with Crippen molar-refractivity contribution in [1.82, 2.24) is 5.32 Å². The molecular formula is C13H16BrCl2NO. The first kappa shape index (κ1) is 15.8. The number of rotatable bonds is 5. The van der Waals surface area contributed by atoms with Crippen LogP contribution in [0.3, 0.4) is 0 Å². The molecule has 5 heteroatoms. The van der Waals surface area contributed by atoms with E-state index in [1.165, 1.54) is 0 Å². The molecule has 1 atom stereocenters. The number of nitrogens with one attached hydrogen (secondary N) is 1. The number of amides is 1. The first-order valence-corrected chi connectivity index (χ1v) is 7.46. The summed E-state index contributed by atoms with van der Waals surface area (Å²) in [5, 5.41) is 3.46. The largest absolute Gasteiger partial charge is 0.348 e. The lowest BCUT2D eigenvalue weighted by molar-refractivity contribution is 0.0936. The summed E-state index contributed by atoms with van der Waals surface area (Å²) in [6, 6.07) is 5.11. The summed E-state index contributed by atoms with van der Waals surface area (Å²) in [7, 11) is 0. The Morgan fingerprint density at radius 2 is 2.11 bits per heavy atom. The number of alkyl halides is 1. The second-order valence-electron chi connectivity index (χ2n) is 4.58. The molecule has 0 saturated heterocycles. The molecule has 0 heterocycles. The fourth-order valence-electron chi connectivity index (χ4n) is 1.66. The van der Waals surface area contributed by atoms with Crippen LogP contribution in [-0.4, -0.2) is 17.8 Å². The number of hydrogen-bond acceptors (Lipinski definition) is 1. The molecule has 0 fully saturated rings. The van der Waals surface area contributed by atoms with Crippen molar-refractivity contribution in [2.75, 3.05) is 5.88 Å². The highest BCUT2D eigenvalue weighted by molar-refractivity contribution is 9.10. The number of carbonyl (C=O) groups excluding carboxylic acids is 1. The third-order valence-electron chi connectivity index (χ3n) is 2.45. The average Bonchev–Trinajstić information content (AvgIpc) is 2.30. The van der Waals surface area contributed by atoms with Gasteiger partial charge in [-0.1, -0.05) is 25.4 Å². The van der Waals surface area contributed by atoms with Crippen LogP contribution < -0.4 is 5.32 Å². The van der Waals surface area contributed by atoms with Gasteiger partial charge in [-0.15, -0.1) is 11.6 Å². The molecule has 0 spiro atoms. The maximum absolute atomic E-state index is 12.1. The van der Waals surface area contributed by atoms with Gasteiger partial charge in [0, 0.05) is 21.4 Å². The lowest BCUT2D eigenvalue weighted by Crippen LogP contribution is -2.37. The molecule has 0 aromatic heterocycles. The van der Waals surface area contributed by atoms with Gasteiger partial charge in [0.2, 0.25) is 0 Å². The lowest BCUT2D eigenvalue weighted by Gasteiger charge is -2.18. The molecule has 1 amide bonds. The van der Waals surface area contributed by atoms with E-state index in [4.69, 9.17) is 23.2 Å². The average molecular weight is 353 g/mol. The van der Waals surface area contributed by atoms with E-state index in [2.05, 4.69) is 35.1 Å². The Bertz CT molecular complexity index is 423. The van der Waals surface area contributed by atoms with Crippen molar-refractivity contribution >= 4 is 45.0 Å². The van der Waals surface area contributed by atoms with Crippen LogP contribution in [0.2, 0.25) is 5.02 Å². The minimum Gasteiger partial charge on any atom is -0.348 e. The van der Waals surface area contributed by atoms with E-state index in [-0.39, 0.29) is 11.9 Å². The van der Waals surface area contributed by atoms with Crippen LogP contribution in [0.5, 0.6) is 0 Å². The second-order valence-corrected chi connectivity index (χ2v) is 6.18. The van der Waals surface area contributed by atoms with Crippen LogP contribution in [0, 0.1) is 5.92 Å². The summed E-state index contributed by atoms with van der Waals surface area (Å²) in [5.74, 6) is 0.731. The van der Waals surface area contributed by atoms with Gasteiger partial charge in [0.1, 0.15) is 0 Å². The highest BCUT2D eigenvalue weighted by Gasteiger charge is 2.16. The summed E-state index contributed by atoms with van der Waals surface area (Å²) in [5.41, 5.74) is 0.529. The zero-order chi connectivity index (χ0) is 13.7. The zero-order valence-corrected chi connectivity index (χ0v) is 13.4. The van der Waals surface area contributed by atoms with E-state index in [1.807, 2.05) is 0 Å². The normalized spacial score (nSPS) is 12.6. The molecule has 1 rings (SSSR count). The molecule has 18 heavy (non-hydrogen) atoms. The molecule has 0 saturated carbocycles. The molecule has 1 aromatic carbocycles. The van der Waals surface area contributed by atoms with Crippen molar-refractivity contribution < 1.29 is 4.79 Å². The van der Waals surface area contributed by atoms with Crippen LogP contribution in [0.15, 0.2) is 22.7 Å². The van der Waals surface area contributed by atoms with Gasteiger partial charge < -0.3 is 5.32 Å². The summed E-state index contributed by atoms with van der Waals surface area (Å²) in [4.78, 5) is 12.1. The number of benzene rings is 1. The number of halogens is 3. The minimum atomic E-state index is -0.157. The van der Waals surface area contributed by atoms with Crippen LogP contribution in [0.25, 0.3) is 0 Å². The smallest absolute Gasteiger partial charge is 0.252 e. The van der Waals surface area contributed by atoms with Gasteiger partial charge in [0.25, 0.3) is 5.91 Å². The van der Waals surface area contributed by atoms with Crippen molar-refractivity contribution in [1.29, 1.82) is 0 Å². The standard InChI is InChI=1S/C13H16BrCl2NO/c1-8(2)5-10(7-15)17-13(18)11-6-9(16)3-4-12(11)14/h3-4,6,8,10H,5,7H2,1-2H3,(H,17,18). The predicted molar refractivity (Wildman–Crippen MR) is 80.6 cm³/mol. The molecule has 1 aromatic rings. The molecule has 0 radical (unpaired) electrons. The Morgan fingerprint density at radius 3 is 2.67 bits per heavy atom. The Hall–Kier alpha value is -0.250. The molecule has 1 N–H and O–H groups in total. The van der Waals surface area contributed by atoms with Crippen LogP contribution >= 0.6 is 39.1 Å². The molecule has 0 bridgehead atoms. The van der Waals surface area contributed by atoms with Crippen molar-refractivity contribution in [3.63, 3.8) is 0 Å². The SMILES string of the molecule is CC(C)CC(CCl)NC(=O)c1cc(Cl)ccc1Br. The van der Waals surface area contributed by atoms with Crippen molar-refractivity contribution in [3.05, 3.63) is 33.3 Å². The van der Waals surface area contributed by atoms with Gasteiger partial charge in [0.15, 0.2) is 0 Å². The third kappa shape index (κ3) is 4.79. The molecular weight excluding hydrogens is 337 g/mol. The van der Waals surface area contributed by atoms with E-state index >= 15 is 0 Å². The minimum absolute atomic E-state index is 0.0231. The number of hydrogen-bond donors (Lipinski definition) is 1. The second kappa shape index (κ2) is 7.37. The van der Waals surface area contributed by atoms with Crippen LogP contribution in [0.1, 0.15) is 30.6 Å². The van der Waals surface area contributed by atoms with Gasteiger partial charge >= 0.3 is 0 Å². The fourth-order valence-corrected chi connectivity index (χ4v) is 2.47. The molecule has 0 aliphatic heterocycles. The first-order valence-electron chi connectivity index (χ1n) is 5.76. The van der Waals surface area contributed by atoms with Crippen molar-refractivity contribution in [2.45, 2.75) is 26.3 Å². The zero-order valence-electron chi connectivity index (χ0n) is 10.3. The Morgan fingerprint density at radius 1 is 1.44 bits per heavy atom. The Labute approximate surface area is 126 Å². The van der Waals surface area contributed by atoms with Crippen LogP contribution in [0.4, 0.5) is 0 Å². The van der Waals surface area contributed by atoms with Gasteiger partial charge in [-0.05, 0) is 46.5 Å². The molecule has 0 aliphatic rings.